The van der Waals surface area contributed by atoms with E-state index in [1.165, 1.54) is 17.4 Å². The second kappa shape index (κ2) is 11.4. The minimum Gasteiger partial charge on any atom is -0.481 e. The quantitative estimate of drug-likeness (QED) is 0.227. The van der Waals surface area contributed by atoms with Crippen LogP contribution in [0, 0.1) is 9.39 Å². The van der Waals surface area contributed by atoms with Crippen molar-refractivity contribution in [2.75, 3.05) is 11.4 Å². The van der Waals surface area contributed by atoms with Gasteiger partial charge in [0.1, 0.15) is 5.82 Å². The zero-order valence-corrected chi connectivity index (χ0v) is 21.4. The van der Waals surface area contributed by atoms with Crippen molar-refractivity contribution in [2.24, 2.45) is 0 Å². The lowest BCUT2D eigenvalue weighted by Crippen LogP contribution is -2.26. The average molecular weight is 601 g/mol. The fourth-order valence-electron chi connectivity index (χ4n) is 3.40. The zero-order valence-electron chi connectivity index (χ0n) is 18.4. The number of hydrogen-bond acceptors (Lipinski definition) is 5. The van der Waals surface area contributed by atoms with Crippen molar-refractivity contribution in [1.82, 2.24) is 10.3 Å². The van der Waals surface area contributed by atoms with Crippen molar-refractivity contribution in [1.29, 1.82) is 0 Å². The van der Waals surface area contributed by atoms with Gasteiger partial charge in [-0.2, -0.15) is 0 Å². The van der Waals surface area contributed by atoms with Crippen LogP contribution in [0.2, 0.25) is 0 Å². The molecule has 9 heteroatoms. The van der Waals surface area contributed by atoms with Crippen molar-refractivity contribution in [3.8, 4) is 11.3 Å². The fraction of sp³-hybridized carbons (Fsp3) is 0.115. The third kappa shape index (κ3) is 6.43. The van der Waals surface area contributed by atoms with Crippen LogP contribution in [0.4, 0.5) is 15.2 Å². The van der Waals surface area contributed by atoms with Gasteiger partial charge in [0.15, 0.2) is 5.13 Å². The molecule has 2 N–H and O–H groups in total. The van der Waals surface area contributed by atoms with Gasteiger partial charge in [-0.05, 0) is 76.7 Å². The lowest BCUT2D eigenvalue weighted by atomic mass is 10.1. The highest BCUT2D eigenvalue weighted by atomic mass is 127. The van der Waals surface area contributed by atoms with Gasteiger partial charge in [-0.15, -0.1) is 11.3 Å². The van der Waals surface area contributed by atoms with E-state index in [9.17, 15) is 14.0 Å². The third-order valence-corrected chi connectivity index (χ3v) is 6.78. The van der Waals surface area contributed by atoms with Crippen LogP contribution in [0.1, 0.15) is 22.3 Å². The number of carboxylic acid groups (broad SMARTS) is 1. The number of carbonyl (C=O) groups excluding carboxylic acids is 1. The maximum absolute atomic E-state index is 14.3. The molecule has 0 atom stereocenters. The number of anilines is 2. The highest BCUT2D eigenvalue weighted by molar-refractivity contribution is 14.1. The third-order valence-electron chi connectivity index (χ3n) is 5.19. The Balaban J connectivity index is 1.57. The molecule has 1 aromatic heterocycles. The first-order chi connectivity index (χ1) is 16.9. The SMILES string of the molecule is O=C(O)CCNC(=O)c1ccc(CN(c2ccc(I)cc2)c2nc(-c3ccccc3F)cs2)cc1. The van der Waals surface area contributed by atoms with E-state index in [2.05, 4.69) is 27.9 Å². The smallest absolute Gasteiger partial charge is 0.305 e. The molecule has 1 amide bonds. The Labute approximate surface area is 219 Å². The van der Waals surface area contributed by atoms with Gasteiger partial charge in [0.2, 0.25) is 0 Å². The van der Waals surface area contributed by atoms with E-state index >= 15 is 0 Å². The van der Waals surface area contributed by atoms with Gasteiger partial charge in [-0.1, -0.05) is 24.3 Å². The summed E-state index contributed by atoms with van der Waals surface area (Å²) in [7, 11) is 0. The molecule has 1 heterocycles. The monoisotopic (exact) mass is 601 g/mol. The van der Waals surface area contributed by atoms with Gasteiger partial charge in [0.25, 0.3) is 5.91 Å². The number of hydrogen-bond donors (Lipinski definition) is 2. The maximum atomic E-state index is 14.3. The van der Waals surface area contributed by atoms with E-state index in [1.807, 2.05) is 46.7 Å². The molecule has 0 radical (unpaired) electrons. The number of amides is 1. The normalized spacial score (nSPS) is 10.7. The number of benzene rings is 3. The molecule has 0 fully saturated rings. The minimum atomic E-state index is -0.961. The van der Waals surface area contributed by atoms with Crippen LogP contribution in [-0.2, 0) is 11.3 Å². The molecule has 0 aliphatic heterocycles. The Bertz CT molecular complexity index is 1330. The van der Waals surface area contributed by atoms with Crippen LogP contribution in [0.3, 0.4) is 0 Å². The number of carboxylic acids is 1. The van der Waals surface area contributed by atoms with Gasteiger partial charge in [0.05, 0.1) is 18.7 Å². The topological polar surface area (TPSA) is 82.5 Å². The standard InChI is InChI=1S/C26H21FIN3O3S/c27-22-4-2-1-3-21(22)23-16-35-26(30-23)31(20-11-9-19(28)10-12-20)15-17-5-7-18(8-6-17)25(34)29-14-13-24(32)33/h1-12,16H,13-15H2,(H,29,34)(H,32,33). The molecule has 0 saturated carbocycles. The van der Waals surface area contributed by atoms with E-state index in [0.717, 1.165) is 20.0 Å². The van der Waals surface area contributed by atoms with Gasteiger partial charge >= 0.3 is 5.97 Å². The van der Waals surface area contributed by atoms with Gasteiger partial charge in [-0.25, -0.2) is 9.37 Å². The molecule has 0 spiro atoms. The van der Waals surface area contributed by atoms with Crippen LogP contribution in [-0.4, -0.2) is 28.5 Å². The van der Waals surface area contributed by atoms with Gasteiger partial charge in [0, 0.05) is 32.3 Å². The van der Waals surface area contributed by atoms with Crippen molar-refractivity contribution in [3.05, 3.63) is 98.7 Å². The Morgan fingerprint density at radius 2 is 1.74 bits per heavy atom. The summed E-state index contributed by atoms with van der Waals surface area (Å²) < 4.78 is 15.4. The Kier molecular flexibility index (Phi) is 8.09. The number of aliphatic carboxylic acids is 1. The predicted octanol–water partition coefficient (Wildman–Crippen LogP) is 6.10. The van der Waals surface area contributed by atoms with Crippen LogP contribution < -0.4 is 10.2 Å². The van der Waals surface area contributed by atoms with Crippen molar-refractivity contribution in [2.45, 2.75) is 13.0 Å². The molecule has 0 unspecified atom stereocenters. The van der Waals surface area contributed by atoms with E-state index in [1.54, 1.807) is 30.3 Å². The number of aromatic nitrogens is 1. The molecule has 4 aromatic rings. The Morgan fingerprint density at radius 3 is 2.43 bits per heavy atom. The van der Waals surface area contributed by atoms with Crippen molar-refractivity contribution >= 4 is 56.6 Å². The Hall–Kier alpha value is -3.31. The van der Waals surface area contributed by atoms with Crippen LogP contribution >= 0.6 is 33.9 Å². The number of nitrogens with one attached hydrogen (secondary N) is 1. The van der Waals surface area contributed by atoms with Crippen molar-refractivity contribution in [3.63, 3.8) is 0 Å². The highest BCUT2D eigenvalue weighted by Gasteiger charge is 2.17. The largest absolute Gasteiger partial charge is 0.481 e. The van der Waals surface area contributed by atoms with E-state index in [4.69, 9.17) is 10.1 Å². The number of nitrogens with zero attached hydrogens (tertiary/aromatic N) is 2. The second-order valence-corrected chi connectivity index (χ2v) is 9.74. The molecular formula is C26H21FIN3O3S. The predicted molar refractivity (Wildman–Crippen MR) is 144 cm³/mol. The van der Waals surface area contributed by atoms with E-state index in [-0.39, 0.29) is 24.7 Å². The number of thiazole rings is 1. The van der Waals surface area contributed by atoms with Gasteiger partial charge in [-0.3, -0.25) is 9.59 Å². The first-order valence-electron chi connectivity index (χ1n) is 10.7. The van der Waals surface area contributed by atoms with Crippen LogP contribution in [0.25, 0.3) is 11.3 Å². The average Bonchev–Trinajstić information content (AvgIpc) is 3.33. The maximum Gasteiger partial charge on any atom is 0.305 e. The summed E-state index contributed by atoms with van der Waals surface area (Å²) in [6, 6.07) is 21.8. The first-order valence-corrected chi connectivity index (χ1v) is 12.7. The molecule has 0 saturated heterocycles. The summed E-state index contributed by atoms with van der Waals surface area (Å²) in [6.07, 6.45) is -0.128. The lowest BCUT2D eigenvalue weighted by molar-refractivity contribution is -0.136. The summed E-state index contributed by atoms with van der Waals surface area (Å²) in [5.74, 6) is -1.60. The van der Waals surface area contributed by atoms with Crippen LogP contribution in [0.5, 0.6) is 0 Å². The molecule has 4 rings (SSSR count). The number of rotatable bonds is 9. The van der Waals surface area contributed by atoms with E-state index < -0.39 is 5.97 Å². The molecule has 35 heavy (non-hydrogen) atoms. The highest BCUT2D eigenvalue weighted by Crippen LogP contribution is 2.34. The summed E-state index contributed by atoms with van der Waals surface area (Å²) in [5, 5.41) is 13.9. The minimum absolute atomic E-state index is 0.0743. The number of halogens is 2. The van der Waals surface area contributed by atoms with Crippen LogP contribution in [0.15, 0.2) is 78.2 Å². The molecule has 178 valence electrons. The molecule has 6 nitrogen and oxygen atoms in total. The second-order valence-electron chi connectivity index (χ2n) is 7.65. The number of carbonyl (C=O) groups is 2. The molecule has 0 bridgehead atoms. The molecular weight excluding hydrogens is 580 g/mol. The molecule has 0 aliphatic carbocycles. The fourth-order valence-corrected chi connectivity index (χ4v) is 4.60. The molecule has 0 aliphatic rings. The van der Waals surface area contributed by atoms with E-state index in [0.29, 0.717) is 23.4 Å². The summed E-state index contributed by atoms with van der Waals surface area (Å²) in [5.41, 5.74) is 3.38. The lowest BCUT2D eigenvalue weighted by Gasteiger charge is -2.22. The van der Waals surface area contributed by atoms with Gasteiger partial charge < -0.3 is 15.3 Å². The summed E-state index contributed by atoms with van der Waals surface area (Å²) >= 11 is 3.69. The van der Waals surface area contributed by atoms with Crippen molar-refractivity contribution < 1.29 is 19.1 Å². The summed E-state index contributed by atoms with van der Waals surface area (Å²) in [6.45, 7) is 0.566. The first kappa shape index (κ1) is 24.8. The Morgan fingerprint density at radius 1 is 1.03 bits per heavy atom. The molecule has 3 aromatic carbocycles. The summed E-state index contributed by atoms with van der Waals surface area (Å²) in [4.78, 5) is 29.7. The zero-order chi connectivity index (χ0) is 24.8.